The monoisotopic (exact) mass is 761 g/mol. The number of quaternary nitrogens is 1. The predicted molar refractivity (Wildman–Crippen MR) is 209 cm³/mol. The maximum atomic E-state index is 12.7. The summed E-state index contributed by atoms with van der Waals surface area (Å²) < 4.78 is 34.3. The van der Waals surface area contributed by atoms with Crippen molar-refractivity contribution in [2.75, 3.05) is 47.5 Å². The summed E-state index contributed by atoms with van der Waals surface area (Å²) in [5, 5.41) is 8.55. The average molecular weight is 761 g/mol. The van der Waals surface area contributed by atoms with Crippen LogP contribution in [0.25, 0.3) is 0 Å². The van der Waals surface area contributed by atoms with Crippen LogP contribution < -0.4 is 0 Å². The third-order valence-electron chi connectivity index (χ3n) is 9.67. The van der Waals surface area contributed by atoms with Crippen molar-refractivity contribution < 1.29 is 42.1 Å². The second-order valence-corrected chi connectivity index (χ2v) is 17.5. The lowest BCUT2D eigenvalue weighted by Gasteiger charge is -2.24. The Hall–Kier alpha value is -1.39. The number of esters is 2. The number of rotatable bonds is 38. The van der Waals surface area contributed by atoms with Gasteiger partial charge in [0.1, 0.15) is 19.8 Å². The predicted octanol–water partition coefficient (Wildman–Crippen LogP) is 11.0. The highest BCUT2D eigenvalue weighted by Crippen LogP contribution is 2.43. The third kappa shape index (κ3) is 30.0. The highest BCUT2D eigenvalue weighted by atomic mass is 31.2. The fraction of sp³-hybridized carbons (Fsp3) is 0.950. The summed E-state index contributed by atoms with van der Waals surface area (Å²) in [6.07, 6.45) is 28.7. The summed E-state index contributed by atoms with van der Waals surface area (Å²) >= 11 is 0. The van der Waals surface area contributed by atoms with Crippen molar-refractivity contribution in [3.63, 3.8) is 0 Å². The second-order valence-electron chi connectivity index (χ2n) is 16.0. The van der Waals surface area contributed by atoms with Gasteiger partial charge < -0.3 is 18.9 Å². The van der Waals surface area contributed by atoms with Crippen molar-refractivity contribution in [3.8, 4) is 0 Å². The first-order valence-electron chi connectivity index (χ1n) is 21.1. The van der Waals surface area contributed by atoms with Gasteiger partial charge in [0, 0.05) is 12.8 Å². The molecule has 0 aliphatic carbocycles. The minimum atomic E-state index is -4.38. The fourth-order valence-electron chi connectivity index (χ4n) is 6.14. The molecule has 0 saturated heterocycles. The molecular weight excluding hydrogens is 681 g/mol. The lowest BCUT2D eigenvalue weighted by Crippen LogP contribution is -2.37. The molecule has 1 aliphatic heterocycles. The van der Waals surface area contributed by atoms with Crippen molar-refractivity contribution in [1.82, 2.24) is 0 Å². The van der Waals surface area contributed by atoms with Crippen LogP contribution in [0.1, 0.15) is 187 Å². The summed E-state index contributed by atoms with van der Waals surface area (Å²) in [5.74, 6) is -0.817. The number of carbonyl (C=O) groups is 2. The lowest BCUT2D eigenvalue weighted by molar-refractivity contribution is -0.870. The molecule has 1 rings (SSSR count). The zero-order valence-electron chi connectivity index (χ0n) is 34.1. The topological polar surface area (TPSA) is 133 Å². The van der Waals surface area contributed by atoms with Gasteiger partial charge in [-0.1, -0.05) is 136 Å². The van der Waals surface area contributed by atoms with Gasteiger partial charge in [-0.3, -0.25) is 18.6 Å². The Morgan fingerprint density at radius 2 is 1.06 bits per heavy atom. The van der Waals surface area contributed by atoms with Crippen molar-refractivity contribution in [2.24, 2.45) is 10.2 Å². The zero-order chi connectivity index (χ0) is 38.4. The minimum Gasteiger partial charge on any atom is -0.462 e. The Kier molecular flexibility index (Phi) is 28.0. The second kappa shape index (κ2) is 29.9. The number of hydrogen-bond acceptors (Lipinski definition) is 9. The maximum Gasteiger partial charge on any atom is 0.472 e. The quantitative estimate of drug-likeness (QED) is 0.0285. The third-order valence-corrected chi connectivity index (χ3v) is 10.7. The van der Waals surface area contributed by atoms with Crippen LogP contribution in [-0.2, 0) is 32.7 Å². The van der Waals surface area contributed by atoms with E-state index in [4.69, 9.17) is 18.5 Å². The number of unbranched alkanes of at least 4 members (excludes halogenated alkanes) is 20. The first-order valence-corrected chi connectivity index (χ1v) is 22.6. The molecule has 1 aliphatic rings. The van der Waals surface area contributed by atoms with Crippen LogP contribution in [-0.4, -0.2) is 80.6 Å². The van der Waals surface area contributed by atoms with E-state index < -0.39 is 26.5 Å². The van der Waals surface area contributed by atoms with E-state index in [9.17, 15) is 19.0 Å². The van der Waals surface area contributed by atoms with E-state index in [1.54, 1.807) is 0 Å². The number of carbonyl (C=O) groups excluding carboxylic acids is 2. The van der Waals surface area contributed by atoms with Gasteiger partial charge in [0.2, 0.25) is 0 Å². The number of phosphoric acid groups is 1. The summed E-state index contributed by atoms with van der Waals surface area (Å²) in [6, 6.07) is 0. The van der Waals surface area contributed by atoms with Crippen molar-refractivity contribution in [2.45, 2.75) is 199 Å². The van der Waals surface area contributed by atoms with Crippen molar-refractivity contribution in [3.05, 3.63) is 0 Å². The molecule has 306 valence electrons. The first kappa shape index (κ1) is 48.6. The molecule has 0 amide bonds. The van der Waals surface area contributed by atoms with E-state index in [1.807, 2.05) is 21.1 Å². The molecule has 0 aromatic heterocycles. The Balaban J connectivity index is 2.29. The summed E-state index contributed by atoms with van der Waals surface area (Å²) in [5.41, 5.74) is -0.0816. The number of phosphoric ester groups is 1. The highest BCUT2D eigenvalue weighted by molar-refractivity contribution is 7.47. The van der Waals surface area contributed by atoms with Gasteiger partial charge in [0.25, 0.3) is 0 Å². The molecular formula is C40H79N3O8P+. The van der Waals surface area contributed by atoms with Crippen LogP contribution in [0.4, 0.5) is 0 Å². The number of hydrogen-bond donors (Lipinski definition) is 1. The molecule has 0 spiro atoms. The molecule has 0 aromatic rings. The van der Waals surface area contributed by atoms with Crippen LogP contribution in [0.2, 0.25) is 0 Å². The van der Waals surface area contributed by atoms with E-state index in [-0.39, 0.29) is 37.7 Å². The van der Waals surface area contributed by atoms with Crippen LogP contribution in [0.5, 0.6) is 0 Å². The molecule has 0 aromatic carbocycles. The van der Waals surface area contributed by atoms with Crippen LogP contribution >= 0.6 is 7.82 Å². The van der Waals surface area contributed by atoms with Gasteiger partial charge in [-0.15, -0.1) is 0 Å². The van der Waals surface area contributed by atoms with E-state index in [0.29, 0.717) is 17.4 Å². The highest BCUT2D eigenvalue weighted by Gasteiger charge is 2.38. The van der Waals surface area contributed by atoms with Gasteiger partial charge in [0.05, 0.1) is 27.7 Å². The minimum absolute atomic E-state index is 0.0281. The first-order chi connectivity index (χ1) is 24.9. The molecule has 11 nitrogen and oxygen atoms in total. The van der Waals surface area contributed by atoms with Crippen LogP contribution in [0.3, 0.4) is 0 Å². The molecule has 52 heavy (non-hydrogen) atoms. The molecule has 0 fully saturated rings. The largest absolute Gasteiger partial charge is 0.472 e. The van der Waals surface area contributed by atoms with Gasteiger partial charge >= 0.3 is 19.8 Å². The van der Waals surface area contributed by atoms with Gasteiger partial charge in [-0.2, -0.15) is 10.2 Å². The molecule has 1 N–H and O–H groups in total. The SMILES string of the molecule is CCCCCCCCCCCCCCCCCC(=O)OCC(COP(=O)(O)OCC[N+](C)(C)C)OC(=O)CCCCCCCCC1(CCCC)N=N1. The Morgan fingerprint density at radius 1 is 0.615 bits per heavy atom. The Morgan fingerprint density at radius 3 is 1.54 bits per heavy atom. The molecule has 0 radical (unpaired) electrons. The standard InChI is InChI=1S/C40H78N3O8P/c1-6-8-10-11-12-13-14-15-16-17-18-19-20-23-26-29-38(44)48-35-37(36-50-52(46,47)49-34-33-43(3,4)5)51-39(45)30-27-24-21-22-25-28-32-40(41-42-40)31-9-7-2/h37H,6-36H2,1-5H3/p+1. The Labute approximate surface area is 318 Å². The van der Waals surface area contributed by atoms with E-state index in [2.05, 4.69) is 24.1 Å². The van der Waals surface area contributed by atoms with Crippen LogP contribution in [0, 0.1) is 0 Å². The lowest BCUT2D eigenvalue weighted by atomic mass is 9.98. The average Bonchev–Trinajstić information content (AvgIpc) is 3.87. The van der Waals surface area contributed by atoms with Gasteiger partial charge in [-0.25, -0.2) is 4.57 Å². The van der Waals surface area contributed by atoms with E-state index >= 15 is 0 Å². The summed E-state index contributed by atoms with van der Waals surface area (Å²) in [6.45, 7) is 4.34. The maximum absolute atomic E-state index is 12.7. The van der Waals surface area contributed by atoms with Gasteiger partial charge in [0.15, 0.2) is 11.8 Å². The van der Waals surface area contributed by atoms with Gasteiger partial charge in [-0.05, 0) is 38.5 Å². The molecule has 12 heteroatoms. The Bertz CT molecular complexity index is 984. The summed E-state index contributed by atoms with van der Waals surface area (Å²) in [4.78, 5) is 35.3. The van der Waals surface area contributed by atoms with E-state index in [1.165, 1.54) is 89.9 Å². The zero-order valence-corrected chi connectivity index (χ0v) is 35.0. The smallest absolute Gasteiger partial charge is 0.462 e. The fourth-order valence-corrected chi connectivity index (χ4v) is 6.89. The normalized spacial score (nSPS) is 15.3. The summed E-state index contributed by atoms with van der Waals surface area (Å²) in [7, 11) is 1.46. The van der Waals surface area contributed by atoms with Crippen molar-refractivity contribution in [1.29, 1.82) is 0 Å². The molecule has 2 unspecified atom stereocenters. The van der Waals surface area contributed by atoms with E-state index in [0.717, 1.165) is 64.2 Å². The van der Waals surface area contributed by atoms with Crippen molar-refractivity contribution >= 4 is 19.8 Å². The van der Waals surface area contributed by atoms with Crippen LogP contribution in [0.15, 0.2) is 10.2 Å². The number of nitrogens with zero attached hydrogens (tertiary/aromatic N) is 3. The number of ether oxygens (including phenoxy) is 2. The number of likely N-dealkylation sites (N-methyl/N-ethyl adjacent to an activating group) is 1. The molecule has 0 saturated carbocycles. The molecule has 2 atom stereocenters. The molecule has 1 heterocycles. The molecule has 0 bridgehead atoms.